The van der Waals surface area contributed by atoms with Crippen molar-refractivity contribution in [2.45, 2.75) is 0 Å². The van der Waals surface area contributed by atoms with Gasteiger partial charge in [-0.1, -0.05) is 22.0 Å². The number of amides is 1. The van der Waals surface area contributed by atoms with Gasteiger partial charge in [0.25, 0.3) is 5.91 Å². The normalized spacial score (nSPS) is 10.3. The second-order valence-corrected chi connectivity index (χ2v) is 5.74. The van der Waals surface area contributed by atoms with Crippen LogP contribution in [-0.2, 0) is 0 Å². The molecule has 0 aliphatic rings. The molecule has 0 heterocycles. The van der Waals surface area contributed by atoms with Crippen LogP contribution < -0.4 is 4.90 Å². The molecule has 2 aromatic rings. The molecule has 0 aromatic heterocycles. The first kappa shape index (κ1) is 14.2. The van der Waals surface area contributed by atoms with E-state index in [0.29, 0.717) is 15.7 Å². The van der Waals surface area contributed by atoms with Crippen LogP contribution in [0.1, 0.15) is 10.4 Å². The molecule has 2 rings (SSSR count). The van der Waals surface area contributed by atoms with Crippen molar-refractivity contribution < 1.29 is 9.18 Å². The maximum Gasteiger partial charge on any atom is 0.259 e. The van der Waals surface area contributed by atoms with Gasteiger partial charge in [0.05, 0.1) is 5.56 Å². The number of rotatable bonds is 2. The van der Waals surface area contributed by atoms with Crippen LogP contribution in [0.4, 0.5) is 10.1 Å². The summed E-state index contributed by atoms with van der Waals surface area (Å²) >= 11 is 6.67. The van der Waals surface area contributed by atoms with Crippen molar-refractivity contribution in [3.8, 4) is 0 Å². The monoisotopic (exact) mass is 385 g/mol. The van der Waals surface area contributed by atoms with Crippen molar-refractivity contribution in [3.05, 3.63) is 62.8 Å². The van der Waals surface area contributed by atoms with E-state index in [0.717, 1.165) is 4.47 Å². The highest BCUT2D eigenvalue weighted by atomic mass is 79.9. The number of carbonyl (C=O) groups is 1. The largest absolute Gasteiger partial charge is 0.311 e. The van der Waals surface area contributed by atoms with Crippen LogP contribution in [0.2, 0.25) is 0 Å². The summed E-state index contributed by atoms with van der Waals surface area (Å²) in [5.41, 5.74) is 1.03. The molecule has 0 aliphatic heterocycles. The minimum absolute atomic E-state index is 0.209. The summed E-state index contributed by atoms with van der Waals surface area (Å²) in [6, 6.07) is 11.3. The Kier molecular flexibility index (Phi) is 4.37. The Hall–Kier alpha value is -1.20. The zero-order chi connectivity index (χ0) is 14.0. The number of carbonyl (C=O) groups excluding carboxylic acids is 1. The van der Waals surface area contributed by atoms with Crippen LogP contribution in [0.5, 0.6) is 0 Å². The summed E-state index contributed by atoms with van der Waals surface area (Å²) in [5, 5.41) is 0. The van der Waals surface area contributed by atoms with Crippen LogP contribution in [0.3, 0.4) is 0 Å². The SMILES string of the molecule is CN(C(=O)c1cc(Br)ccc1Br)c1cccc(F)c1. The summed E-state index contributed by atoms with van der Waals surface area (Å²) in [6.07, 6.45) is 0. The minimum atomic E-state index is -0.370. The molecule has 0 saturated heterocycles. The smallest absolute Gasteiger partial charge is 0.259 e. The molecular weight excluding hydrogens is 377 g/mol. The molecule has 2 nitrogen and oxygen atoms in total. The molecule has 98 valence electrons. The molecule has 0 fully saturated rings. The van der Waals surface area contributed by atoms with Crippen LogP contribution in [0.25, 0.3) is 0 Å². The fourth-order valence-corrected chi connectivity index (χ4v) is 2.42. The zero-order valence-electron chi connectivity index (χ0n) is 10.0. The van der Waals surface area contributed by atoms with Gasteiger partial charge < -0.3 is 4.90 Å². The maximum absolute atomic E-state index is 13.2. The Morgan fingerprint density at radius 2 is 1.89 bits per heavy atom. The average molecular weight is 387 g/mol. The zero-order valence-corrected chi connectivity index (χ0v) is 13.2. The van der Waals surface area contributed by atoms with Gasteiger partial charge >= 0.3 is 0 Å². The van der Waals surface area contributed by atoms with Crippen molar-refractivity contribution in [1.29, 1.82) is 0 Å². The highest BCUT2D eigenvalue weighted by Gasteiger charge is 2.17. The topological polar surface area (TPSA) is 20.3 Å². The lowest BCUT2D eigenvalue weighted by atomic mass is 10.2. The third-order valence-corrected chi connectivity index (χ3v) is 3.84. The summed E-state index contributed by atoms with van der Waals surface area (Å²) in [5.74, 6) is -0.579. The molecule has 0 spiro atoms. The molecule has 0 radical (unpaired) electrons. The molecule has 0 atom stereocenters. The Balaban J connectivity index is 2.36. The van der Waals surface area contributed by atoms with E-state index in [9.17, 15) is 9.18 Å². The quantitative estimate of drug-likeness (QED) is 0.736. The first-order chi connectivity index (χ1) is 8.99. The van der Waals surface area contributed by atoms with E-state index < -0.39 is 0 Å². The first-order valence-corrected chi connectivity index (χ1v) is 7.06. The highest BCUT2D eigenvalue weighted by molar-refractivity contribution is 9.11. The van der Waals surface area contributed by atoms with Gasteiger partial charge in [-0.25, -0.2) is 4.39 Å². The summed E-state index contributed by atoms with van der Waals surface area (Å²) in [7, 11) is 1.62. The second kappa shape index (κ2) is 5.84. The number of halogens is 3. The van der Waals surface area contributed by atoms with Crippen molar-refractivity contribution in [2.24, 2.45) is 0 Å². The van der Waals surface area contributed by atoms with Crippen LogP contribution in [0, 0.1) is 5.82 Å². The number of hydrogen-bond donors (Lipinski definition) is 0. The molecule has 0 aliphatic carbocycles. The number of anilines is 1. The molecule has 0 saturated carbocycles. The van der Waals surface area contributed by atoms with Crippen molar-refractivity contribution in [1.82, 2.24) is 0 Å². The Morgan fingerprint density at radius 1 is 1.16 bits per heavy atom. The van der Waals surface area contributed by atoms with E-state index in [2.05, 4.69) is 31.9 Å². The summed E-state index contributed by atoms with van der Waals surface area (Å²) < 4.78 is 14.7. The van der Waals surface area contributed by atoms with E-state index in [-0.39, 0.29) is 11.7 Å². The minimum Gasteiger partial charge on any atom is -0.311 e. The van der Waals surface area contributed by atoms with Crippen LogP contribution in [-0.4, -0.2) is 13.0 Å². The molecule has 5 heteroatoms. The van der Waals surface area contributed by atoms with Gasteiger partial charge in [0, 0.05) is 21.7 Å². The molecule has 2 aromatic carbocycles. The molecule has 19 heavy (non-hydrogen) atoms. The summed E-state index contributed by atoms with van der Waals surface area (Å²) in [4.78, 5) is 13.8. The fraction of sp³-hybridized carbons (Fsp3) is 0.0714. The fourth-order valence-electron chi connectivity index (χ4n) is 1.64. The van der Waals surface area contributed by atoms with E-state index in [4.69, 9.17) is 0 Å². The van der Waals surface area contributed by atoms with Gasteiger partial charge in [-0.2, -0.15) is 0 Å². The van der Waals surface area contributed by atoms with Crippen LogP contribution >= 0.6 is 31.9 Å². The number of nitrogens with zero attached hydrogens (tertiary/aromatic N) is 1. The maximum atomic E-state index is 13.2. The van der Waals surface area contributed by atoms with Crippen LogP contribution in [0.15, 0.2) is 51.4 Å². The number of hydrogen-bond acceptors (Lipinski definition) is 1. The molecule has 0 N–H and O–H groups in total. The van der Waals surface area contributed by atoms with Crippen molar-refractivity contribution in [3.63, 3.8) is 0 Å². The van der Waals surface area contributed by atoms with Gasteiger partial charge in [0.15, 0.2) is 0 Å². The summed E-state index contributed by atoms with van der Waals surface area (Å²) in [6.45, 7) is 0. The van der Waals surface area contributed by atoms with Gasteiger partial charge in [0.1, 0.15) is 5.82 Å². The highest BCUT2D eigenvalue weighted by Crippen LogP contribution is 2.24. The van der Waals surface area contributed by atoms with Gasteiger partial charge in [-0.3, -0.25) is 4.79 Å². The lowest BCUT2D eigenvalue weighted by molar-refractivity contribution is 0.0992. The van der Waals surface area contributed by atoms with Crippen molar-refractivity contribution >= 4 is 43.5 Å². The van der Waals surface area contributed by atoms with E-state index in [1.807, 2.05) is 6.07 Å². The lowest BCUT2D eigenvalue weighted by Gasteiger charge is -2.18. The predicted molar refractivity (Wildman–Crippen MR) is 81.0 cm³/mol. The predicted octanol–water partition coefficient (Wildman–Crippen LogP) is 4.63. The Morgan fingerprint density at radius 3 is 2.58 bits per heavy atom. The Labute approximate surface area is 127 Å². The lowest BCUT2D eigenvalue weighted by Crippen LogP contribution is -2.26. The molecule has 0 bridgehead atoms. The van der Waals surface area contributed by atoms with Gasteiger partial charge in [-0.15, -0.1) is 0 Å². The van der Waals surface area contributed by atoms with Gasteiger partial charge in [-0.05, 0) is 52.3 Å². The number of benzene rings is 2. The molecule has 0 unspecified atom stereocenters. The Bertz CT molecular complexity index is 631. The first-order valence-electron chi connectivity index (χ1n) is 5.47. The third-order valence-electron chi connectivity index (χ3n) is 2.66. The van der Waals surface area contributed by atoms with Crippen molar-refractivity contribution in [2.75, 3.05) is 11.9 Å². The van der Waals surface area contributed by atoms with Gasteiger partial charge in [0.2, 0.25) is 0 Å². The van der Waals surface area contributed by atoms with E-state index >= 15 is 0 Å². The van der Waals surface area contributed by atoms with E-state index in [1.54, 1.807) is 31.3 Å². The van der Waals surface area contributed by atoms with E-state index in [1.165, 1.54) is 17.0 Å². The third kappa shape index (κ3) is 3.22. The molecular formula is C14H10Br2FNO. The second-order valence-electron chi connectivity index (χ2n) is 3.97. The molecule has 1 amide bonds. The average Bonchev–Trinajstić information content (AvgIpc) is 2.40. The standard InChI is InChI=1S/C14H10Br2FNO/c1-18(11-4-2-3-10(17)8-11)14(19)12-7-9(15)5-6-13(12)16/h2-8H,1H3.